The first-order valence-corrected chi connectivity index (χ1v) is 5.62. The summed E-state index contributed by atoms with van der Waals surface area (Å²) in [5.41, 5.74) is 5.71. The maximum Gasteiger partial charge on any atom is 0.268 e. The van der Waals surface area contributed by atoms with Gasteiger partial charge in [0.2, 0.25) is 0 Å². The van der Waals surface area contributed by atoms with Gasteiger partial charge in [0.15, 0.2) is 0 Å². The number of nitrogens with one attached hydrogen (secondary N) is 1. The molecular weight excluding hydrogens is 232 g/mol. The normalized spacial score (nSPS) is 10.7. The number of hydrazine groups is 1. The average Bonchev–Trinajstić information content (AvgIpc) is 2.91. The SMILES string of the molecule is Cc1nn(Cc2occc2C(=O)NN)c(C)c1C. The van der Waals surface area contributed by atoms with E-state index in [2.05, 4.69) is 10.5 Å². The van der Waals surface area contributed by atoms with E-state index in [9.17, 15) is 4.79 Å². The molecule has 0 saturated carbocycles. The third-order valence-corrected chi connectivity index (χ3v) is 3.16. The van der Waals surface area contributed by atoms with E-state index in [-0.39, 0.29) is 5.91 Å². The second-order valence-electron chi connectivity index (χ2n) is 4.18. The van der Waals surface area contributed by atoms with Crippen LogP contribution in [0.5, 0.6) is 0 Å². The Hall–Kier alpha value is -2.08. The zero-order chi connectivity index (χ0) is 13.3. The summed E-state index contributed by atoms with van der Waals surface area (Å²) in [6.07, 6.45) is 1.47. The molecule has 0 aromatic carbocycles. The maximum atomic E-state index is 11.5. The van der Waals surface area contributed by atoms with Crippen molar-refractivity contribution in [3.05, 3.63) is 40.6 Å². The number of carbonyl (C=O) groups excluding carboxylic acids is 1. The van der Waals surface area contributed by atoms with Gasteiger partial charge in [-0.05, 0) is 32.4 Å². The van der Waals surface area contributed by atoms with Crippen molar-refractivity contribution < 1.29 is 9.21 Å². The second kappa shape index (κ2) is 4.66. The quantitative estimate of drug-likeness (QED) is 0.483. The van der Waals surface area contributed by atoms with Crippen LogP contribution < -0.4 is 11.3 Å². The lowest BCUT2D eigenvalue weighted by atomic mass is 10.2. The predicted octanol–water partition coefficient (Wildman–Crippen LogP) is 1.05. The zero-order valence-corrected chi connectivity index (χ0v) is 10.7. The van der Waals surface area contributed by atoms with E-state index >= 15 is 0 Å². The summed E-state index contributed by atoms with van der Waals surface area (Å²) in [4.78, 5) is 11.5. The molecule has 0 radical (unpaired) electrons. The Morgan fingerprint density at radius 1 is 1.50 bits per heavy atom. The van der Waals surface area contributed by atoms with Gasteiger partial charge in [-0.1, -0.05) is 0 Å². The van der Waals surface area contributed by atoms with E-state index in [1.807, 2.05) is 25.5 Å². The molecule has 0 aliphatic rings. The van der Waals surface area contributed by atoms with Crippen LogP contribution in [0.3, 0.4) is 0 Å². The van der Waals surface area contributed by atoms with Gasteiger partial charge in [-0.2, -0.15) is 5.10 Å². The number of amides is 1. The molecule has 3 N–H and O–H groups in total. The van der Waals surface area contributed by atoms with E-state index < -0.39 is 0 Å². The van der Waals surface area contributed by atoms with Crippen molar-refractivity contribution in [2.24, 2.45) is 5.84 Å². The Balaban J connectivity index is 2.32. The number of hydrogen-bond acceptors (Lipinski definition) is 4. The Labute approximate surface area is 105 Å². The molecule has 0 fully saturated rings. The van der Waals surface area contributed by atoms with Crippen molar-refractivity contribution in [2.45, 2.75) is 27.3 Å². The van der Waals surface area contributed by atoms with Gasteiger partial charge in [-0.3, -0.25) is 14.9 Å². The minimum atomic E-state index is -0.364. The molecule has 0 bridgehead atoms. The highest BCUT2D eigenvalue weighted by atomic mass is 16.3. The average molecular weight is 248 g/mol. The van der Waals surface area contributed by atoms with E-state index in [1.165, 1.54) is 6.26 Å². The highest BCUT2D eigenvalue weighted by Crippen LogP contribution is 2.16. The number of nitrogens with zero attached hydrogens (tertiary/aromatic N) is 2. The van der Waals surface area contributed by atoms with Crippen molar-refractivity contribution in [2.75, 3.05) is 0 Å². The first-order chi connectivity index (χ1) is 8.54. The monoisotopic (exact) mass is 248 g/mol. The Morgan fingerprint density at radius 3 is 2.78 bits per heavy atom. The molecule has 2 aromatic rings. The second-order valence-corrected chi connectivity index (χ2v) is 4.18. The number of nitrogens with two attached hydrogens (primary N) is 1. The molecular formula is C12H16N4O2. The molecule has 0 atom stereocenters. The van der Waals surface area contributed by atoms with Gasteiger partial charge >= 0.3 is 0 Å². The summed E-state index contributed by atoms with van der Waals surface area (Å²) >= 11 is 0. The number of aryl methyl sites for hydroxylation is 1. The fourth-order valence-electron chi connectivity index (χ4n) is 1.82. The summed E-state index contributed by atoms with van der Waals surface area (Å²) in [5, 5.41) is 4.40. The van der Waals surface area contributed by atoms with Crippen LogP contribution in [0.15, 0.2) is 16.7 Å². The third-order valence-electron chi connectivity index (χ3n) is 3.16. The van der Waals surface area contributed by atoms with Gasteiger partial charge in [0.25, 0.3) is 5.91 Å². The first kappa shape index (κ1) is 12.4. The Kier molecular flexibility index (Phi) is 3.20. The molecule has 0 spiro atoms. The number of aromatic nitrogens is 2. The van der Waals surface area contributed by atoms with Crippen LogP contribution >= 0.6 is 0 Å². The van der Waals surface area contributed by atoms with Gasteiger partial charge < -0.3 is 4.42 Å². The van der Waals surface area contributed by atoms with Crippen LogP contribution in [0.4, 0.5) is 0 Å². The molecule has 6 heteroatoms. The van der Waals surface area contributed by atoms with Crippen LogP contribution in [0, 0.1) is 20.8 Å². The zero-order valence-electron chi connectivity index (χ0n) is 10.7. The van der Waals surface area contributed by atoms with Crippen LogP contribution in [0.25, 0.3) is 0 Å². The van der Waals surface area contributed by atoms with Crippen LogP contribution in [-0.2, 0) is 6.54 Å². The number of hydrogen-bond donors (Lipinski definition) is 2. The number of furan rings is 1. The van der Waals surface area contributed by atoms with Crippen molar-refractivity contribution in [1.29, 1.82) is 0 Å². The van der Waals surface area contributed by atoms with Crippen molar-refractivity contribution in [3.8, 4) is 0 Å². The van der Waals surface area contributed by atoms with Crippen molar-refractivity contribution >= 4 is 5.91 Å². The highest BCUT2D eigenvalue weighted by Gasteiger charge is 2.16. The van der Waals surface area contributed by atoms with Gasteiger partial charge in [-0.15, -0.1) is 0 Å². The molecule has 2 aromatic heterocycles. The Morgan fingerprint density at radius 2 is 2.22 bits per heavy atom. The van der Waals surface area contributed by atoms with Gasteiger partial charge in [0.1, 0.15) is 12.3 Å². The lowest BCUT2D eigenvalue weighted by Gasteiger charge is -2.04. The minimum absolute atomic E-state index is 0.364. The maximum absolute atomic E-state index is 11.5. The summed E-state index contributed by atoms with van der Waals surface area (Å²) in [6.45, 7) is 6.37. The fourth-order valence-corrected chi connectivity index (χ4v) is 1.82. The fraction of sp³-hybridized carbons (Fsp3) is 0.333. The van der Waals surface area contributed by atoms with Gasteiger partial charge in [0.05, 0.1) is 17.5 Å². The minimum Gasteiger partial charge on any atom is -0.467 e. The molecule has 2 heterocycles. The molecule has 0 unspecified atom stereocenters. The summed E-state index contributed by atoms with van der Waals surface area (Å²) in [5.74, 6) is 5.30. The molecule has 6 nitrogen and oxygen atoms in total. The first-order valence-electron chi connectivity index (χ1n) is 5.62. The molecule has 1 amide bonds. The topological polar surface area (TPSA) is 86.1 Å². The molecule has 0 aliphatic carbocycles. The summed E-state index contributed by atoms with van der Waals surface area (Å²) in [7, 11) is 0. The van der Waals surface area contributed by atoms with E-state index in [4.69, 9.17) is 10.3 Å². The van der Waals surface area contributed by atoms with Crippen molar-refractivity contribution in [3.63, 3.8) is 0 Å². The standard InChI is InChI=1S/C12H16N4O2/c1-7-8(2)15-16(9(7)3)6-11-10(4-5-18-11)12(17)14-13/h4-5H,6,13H2,1-3H3,(H,14,17). The Bertz CT molecular complexity index is 583. The van der Waals surface area contributed by atoms with E-state index in [0.717, 1.165) is 17.0 Å². The van der Waals surface area contributed by atoms with Crippen LogP contribution in [0.1, 0.15) is 33.1 Å². The number of rotatable bonds is 3. The highest BCUT2D eigenvalue weighted by molar-refractivity contribution is 5.94. The predicted molar refractivity (Wildman–Crippen MR) is 65.9 cm³/mol. The lowest BCUT2D eigenvalue weighted by molar-refractivity contribution is 0.0951. The van der Waals surface area contributed by atoms with Gasteiger partial charge in [-0.25, -0.2) is 5.84 Å². The molecule has 0 aliphatic heterocycles. The van der Waals surface area contributed by atoms with Crippen LogP contribution in [-0.4, -0.2) is 15.7 Å². The van der Waals surface area contributed by atoms with E-state index in [1.54, 1.807) is 6.07 Å². The largest absolute Gasteiger partial charge is 0.467 e. The van der Waals surface area contributed by atoms with Crippen molar-refractivity contribution in [1.82, 2.24) is 15.2 Å². The molecule has 0 saturated heterocycles. The van der Waals surface area contributed by atoms with Gasteiger partial charge in [0, 0.05) is 5.69 Å². The molecule has 96 valence electrons. The summed E-state index contributed by atoms with van der Waals surface area (Å²) < 4.78 is 7.13. The third kappa shape index (κ3) is 2.02. The molecule has 18 heavy (non-hydrogen) atoms. The van der Waals surface area contributed by atoms with E-state index in [0.29, 0.717) is 17.9 Å². The smallest absolute Gasteiger partial charge is 0.268 e. The number of carbonyl (C=O) groups is 1. The van der Waals surface area contributed by atoms with Crippen LogP contribution in [0.2, 0.25) is 0 Å². The summed E-state index contributed by atoms with van der Waals surface area (Å²) in [6, 6.07) is 1.59. The lowest BCUT2D eigenvalue weighted by Crippen LogP contribution is -2.30. The number of nitrogen functional groups attached to an aromatic ring is 1. The molecule has 2 rings (SSSR count).